The summed E-state index contributed by atoms with van der Waals surface area (Å²) in [6.45, 7) is 6.26. The minimum absolute atomic E-state index is 0.458. The summed E-state index contributed by atoms with van der Waals surface area (Å²) in [5.74, 6) is 1.13. The summed E-state index contributed by atoms with van der Waals surface area (Å²) in [5, 5.41) is 3.71. The van der Waals surface area contributed by atoms with Crippen LogP contribution < -0.4 is 16.0 Å². The molecule has 0 unspecified atom stereocenters. The first-order valence-corrected chi connectivity index (χ1v) is 9.87. The summed E-state index contributed by atoms with van der Waals surface area (Å²) in [5.41, 5.74) is 9.36. The molecule has 5 nitrogen and oxygen atoms in total. The highest BCUT2D eigenvalue weighted by atomic mass is 16.5. The van der Waals surface area contributed by atoms with E-state index < -0.39 is 0 Å². The van der Waals surface area contributed by atoms with E-state index in [1.54, 1.807) is 0 Å². The number of nitrogens with one attached hydrogen (secondary N) is 1. The van der Waals surface area contributed by atoms with Gasteiger partial charge in [0, 0.05) is 43.8 Å². The maximum Gasteiger partial charge on any atom is 0.128 e. The number of hydrogen-bond acceptors (Lipinski definition) is 5. The van der Waals surface area contributed by atoms with Crippen molar-refractivity contribution in [2.45, 2.75) is 57.5 Å². The van der Waals surface area contributed by atoms with Crippen molar-refractivity contribution in [1.82, 2.24) is 4.98 Å². The number of aryl methyl sites for hydroxylation is 1. The zero-order chi connectivity index (χ0) is 17.1. The lowest BCUT2D eigenvalue weighted by atomic mass is 9.52. The van der Waals surface area contributed by atoms with Gasteiger partial charge in [-0.2, -0.15) is 0 Å². The Labute approximate surface area is 150 Å². The number of hydrogen-bond donors (Lipinski definition) is 2. The molecule has 2 saturated carbocycles. The van der Waals surface area contributed by atoms with Crippen LogP contribution in [-0.4, -0.2) is 43.4 Å². The van der Waals surface area contributed by atoms with Crippen LogP contribution in [0.5, 0.6) is 0 Å². The van der Waals surface area contributed by atoms with E-state index in [0.717, 1.165) is 37.8 Å². The van der Waals surface area contributed by atoms with Crippen LogP contribution in [0.1, 0.15) is 44.2 Å². The fraction of sp³-hybridized carbons (Fsp3) is 0.750. The molecule has 4 aliphatic rings. The molecule has 1 aromatic rings. The average molecular weight is 342 g/mol. The molecule has 0 radical (unpaired) electrons. The molecule has 5 heteroatoms. The summed E-state index contributed by atoms with van der Waals surface area (Å²) in [6, 6.07) is 5.48. The number of nitrogens with zero attached hydrogens (tertiary/aromatic N) is 2. The third-order valence-electron chi connectivity index (χ3n) is 7.11. The topological polar surface area (TPSA) is 63.4 Å². The van der Waals surface area contributed by atoms with E-state index in [9.17, 15) is 0 Å². The summed E-state index contributed by atoms with van der Waals surface area (Å²) >= 11 is 0. The molecule has 3 N–H and O–H groups in total. The van der Waals surface area contributed by atoms with Crippen molar-refractivity contribution in [2.24, 2.45) is 16.6 Å². The molecule has 2 spiro atoms. The van der Waals surface area contributed by atoms with Crippen molar-refractivity contribution in [3.05, 3.63) is 17.8 Å². The van der Waals surface area contributed by atoms with Crippen LogP contribution in [0.2, 0.25) is 0 Å². The molecule has 2 aliphatic carbocycles. The second kappa shape index (κ2) is 5.58. The van der Waals surface area contributed by atoms with E-state index >= 15 is 0 Å². The Kier molecular flexibility index (Phi) is 3.55. The quantitative estimate of drug-likeness (QED) is 0.884. The second-order valence-corrected chi connectivity index (χ2v) is 9.19. The summed E-state index contributed by atoms with van der Waals surface area (Å²) < 4.78 is 5.51. The summed E-state index contributed by atoms with van der Waals surface area (Å²) in [7, 11) is 0. The zero-order valence-electron chi connectivity index (χ0n) is 15.3. The number of nitrogens with two attached hydrogens (primary N) is 1. The molecule has 25 heavy (non-hydrogen) atoms. The van der Waals surface area contributed by atoms with Gasteiger partial charge < -0.3 is 20.7 Å². The number of ether oxygens (including phenoxy) is 1. The Morgan fingerprint density at radius 3 is 2.48 bits per heavy atom. The van der Waals surface area contributed by atoms with Crippen LogP contribution in [0.25, 0.3) is 0 Å². The number of anilines is 2. The van der Waals surface area contributed by atoms with Gasteiger partial charge in [-0.15, -0.1) is 0 Å². The van der Waals surface area contributed by atoms with Gasteiger partial charge in [0.1, 0.15) is 5.82 Å². The Morgan fingerprint density at radius 1 is 1.12 bits per heavy atom. The normalized spacial score (nSPS) is 35.8. The SMILES string of the molecule is Cc1nc(N2CC3(CCOCC3)C2)ccc1NC1CC2(CC(N)C2)C1. The van der Waals surface area contributed by atoms with Crippen LogP contribution >= 0.6 is 0 Å². The van der Waals surface area contributed by atoms with Gasteiger partial charge in [-0.05, 0) is 63.0 Å². The van der Waals surface area contributed by atoms with Gasteiger partial charge in [0.15, 0.2) is 0 Å². The maximum atomic E-state index is 5.96. The van der Waals surface area contributed by atoms with E-state index in [0.29, 0.717) is 22.9 Å². The third-order valence-corrected chi connectivity index (χ3v) is 7.11. The molecule has 2 aliphatic heterocycles. The molecule has 4 fully saturated rings. The average Bonchev–Trinajstić information content (AvgIpc) is 2.51. The smallest absolute Gasteiger partial charge is 0.128 e. The first-order valence-electron chi connectivity index (χ1n) is 9.87. The van der Waals surface area contributed by atoms with Gasteiger partial charge >= 0.3 is 0 Å². The van der Waals surface area contributed by atoms with Crippen LogP contribution in [0.4, 0.5) is 11.5 Å². The molecular weight excluding hydrogens is 312 g/mol. The van der Waals surface area contributed by atoms with Crippen molar-refractivity contribution in [2.75, 3.05) is 36.5 Å². The third kappa shape index (κ3) is 2.72. The van der Waals surface area contributed by atoms with E-state index in [1.165, 1.54) is 44.2 Å². The lowest BCUT2D eigenvalue weighted by molar-refractivity contribution is -0.000459. The molecule has 5 rings (SSSR count). The Morgan fingerprint density at radius 2 is 1.84 bits per heavy atom. The van der Waals surface area contributed by atoms with E-state index in [4.69, 9.17) is 15.5 Å². The molecule has 3 heterocycles. The monoisotopic (exact) mass is 342 g/mol. The molecular formula is C20H30N4O. The highest BCUT2D eigenvalue weighted by Gasteiger charge is 2.51. The van der Waals surface area contributed by atoms with Gasteiger partial charge in [-0.3, -0.25) is 0 Å². The van der Waals surface area contributed by atoms with Gasteiger partial charge in [0.25, 0.3) is 0 Å². The number of rotatable bonds is 3. The van der Waals surface area contributed by atoms with Crippen LogP contribution in [0.3, 0.4) is 0 Å². The van der Waals surface area contributed by atoms with E-state index in [-0.39, 0.29) is 0 Å². The maximum absolute atomic E-state index is 5.96. The minimum Gasteiger partial charge on any atom is -0.381 e. The Balaban J connectivity index is 1.18. The van der Waals surface area contributed by atoms with Crippen molar-refractivity contribution in [3.63, 3.8) is 0 Å². The highest BCUT2D eigenvalue weighted by Crippen LogP contribution is 2.56. The molecule has 0 amide bonds. The van der Waals surface area contributed by atoms with Crippen molar-refractivity contribution in [3.8, 4) is 0 Å². The lowest BCUT2D eigenvalue weighted by Gasteiger charge is -2.57. The second-order valence-electron chi connectivity index (χ2n) is 9.19. The Bertz CT molecular complexity index is 648. The fourth-order valence-electron chi connectivity index (χ4n) is 5.62. The van der Waals surface area contributed by atoms with Gasteiger partial charge in [-0.25, -0.2) is 4.98 Å². The first-order chi connectivity index (χ1) is 12.0. The summed E-state index contributed by atoms with van der Waals surface area (Å²) in [6.07, 6.45) is 7.41. The number of aromatic nitrogens is 1. The molecule has 1 aromatic heterocycles. The van der Waals surface area contributed by atoms with Crippen LogP contribution in [0, 0.1) is 17.8 Å². The largest absolute Gasteiger partial charge is 0.381 e. The van der Waals surface area contributed by atoms with Crippen LogP contribution in [0.15, 0.2) is 12.1 Å². The first kappa shape index (κ1) is 15.9. The lowest BCUT2D eigenvalue weighted by Crippen LogP contribution is -2.58. The summed E-state index contributed by atoms with van der Waals surface area (Å²) in [4.78, 5) is 7.31. The predicted molar refractivity (Wildman–Crippen MR) is 100.0 cm³/mol. The fourth-order valence-corrected chi connectivity index (χ4v) is 5.62. The van der Waals surface area contributed by atoms with Gasteiger partial charge in [0.2, 0.25) is 0 Å². The highest BCUT2D eigenvalue weighted by molar-refractivity contribution is 5.55. The van der Waals surface area contributed by atoms with Crippen molar-refractivity contribution >= 4 is 11.5 Å². The molecule has 2 saturated heterocycles. The standard InChI is InChI=1S/C20H30N4O/c1-14-17(23-16-10-20(11-16)8-15(21)9-20)2-3-18(22-14)24-12-19(13-24)4-6-25-7-5-19/h2-3,15-16,23H,4-13,21H2,1H3. The van der Waals surface area contributed by atoms with E-state index in [1.807, 2.05) is 0 Å². The molecule has 0 aromatic carbocycles. The van der Waals surface area contributed by atoms with Gasteiger partial charge in [-0.1, -0.05) is 0 Å². The molecule has 136 valence electrons. The number of pyridine rings is 1. The molecule has 0 bridgehead atoms. The van der Waals surface area contributed by atoms with E-state index in [2.05, 4.69) is 29.3 Å². The van der Waals surface area contributed by atoms with Crippen LogP contribution in [-0.2, 0) is 4.74 Å². The Hall–Kier alpha value is -1.33. The predicted octanol–water partition coefficient (Wildman–Crippen LogP) is 2.69. The molecule has 0 atom stereocenters. The van der Waals surface area contributed by atoms with Gasteiger partial charge in [0.05, 0.1) is 11.4 Å². The van der Waals surface area contributed by atoms with Crippen molar-refractivity contribution < 1.29 is 4.74 Å². The minimum atomic E-state index is 0.458. The van der Waals surface area contributed by atoms with Crippen molar-refractivity contribution in [1.29, 1.82) is 0 Å². The zero-order valence-corrected chi connectivity index (χ0v) is 15.3.